The van der Waals surface area contributed by atoms with E-state index in [0.717, 1.165) is 32.5 Å². The highest BCUT2D eigenvalue weighted by atomic mass is 16.6. The number of amides is 1. The zero-order valence-corrected chi connectivity index (χ0v) is 15.2. The van der Waals surface area contributed by atoms with Gasteiger partial charge in [0.2, 0.25) is 0 Å². The maximum atomic E-state index is 12.0. The van der Waals surface area contributed by atoms with Crippen molar-refractivity contribution in [3.63, 3.8) is 0 Å². The van der Waals surface area contributed by atoms with Crippen molar-refractivity contribution in [2.45, 2.75) is 45.3 Å². The summed E-state index contributed by atoms with van der Waals surface area (Å²) in [4.78, 5) is 27.4. The lowest BCUT2D eigenvalue weighted by Gasteiger charge is -2.36. The normalized spacial score (nSPS) is 25.1. The lowest BCUT2D eigenvalue weighted by Crippen LogP contribution is -2.50. The molecule has 0 spiro atoms. The van der Waals surface area contributed by atoms with Crippen molar-refractivity contribution in [1.82, 2.24) is 9.80 Å². The van der Waals surface area contributed by atoms with Gasteiger partial charge in [0.25, 0.3) is 0 Å². The molecule has 2 rings (SSSR count). The summed E-state index contributed by atoms with van der Waals surface area (Å²) in [6.07, 6.45) is 1.47. The van der Waals surface area contributed by atoms with Crippen LogP contribution in [0.5, 0.6) is 0 Å². The molecular weight excluding hydrogens is 312 g/mol. The largest absolute Gasteiger partial charge is 0.469 e. The molecule has 0 atom stereocenters. The Morgan fingerprint density at radius 1 is 1.08 bits per heavy atom. The molecule has 1 amide bonds. The molecule has 1 saturated carbocycles. The number of rotatable bonds is 5. The predicted octanol–water partition coefficient (Wildman–Crippen LogP) is 1.51. The number of hydrogen-bond acceptors (Lipinski definition) is 6. The Bertz CT molecular complexity index is 435. The molecule has 24 heavy (non-hydrogen) atoms. The number of carbonyl (C=O) groups excluding carboxylic acids is 2. The standard InChI is InChI=1S/C17H30N2O5/c1-17(2,3)24-16(21)19-7-5-18(6-8-19)9-10-23-14-11-13(12-14)15(20)22-4/h13-14H,5-12H2,1-4H3. The third-order valence-electron chi connectivity index (χ3n) is 4.41. The molecule has 0 N–H and O–H groups in total. The Balaban J connectivity index is 1.56. The second kappa shape index (κ2) is 8.16. The number of piperazine rings is 1. The van der Waals surface area contributed by atoms with Crippen molar-refractivity contribution in [1.29, 1.82) is 0 Å². The molecule has 7 nitrogen and oxygen atoms in total. The van der Waals surface area contributed by atoms with Crippen LogP contribution in [0.15, 0.2) is 0 Å². The Hall–Kier alpha value is -1.34. The van der Waals surface area contributed by atoms with Crippen LogP contribution in [0, 0.1) is 5.92 Å². The highest BCUT2D eigenvalue weighted by molar-refractivity contribution is 5.73. The molecule has 0 unspecified atom stereocenters. The summed E-state index contributed by atoms with van der Waals surface area (Å²) in [5.74, 6) is -0.120. The van der Waals surface area contributed by atoms with E-state index in [2.05, 4.69) is 4.90 Å². The average molecular weight is 342 g/mol. The van der Waals surface area contributed by atoms with Crippen LogP contribution in [0.3, 0.4) is 0 Å². The summed E-state index contributed by atoms with van der Waals surface area (Å²) >= 11 is 0. The van der Waals surface area contributed by atoms with Crippen molar-refractivity contribution < 1.29 is 23.8 Å². The fraction of sp³-hybridized carbons (Fsp3) is 0.882. The summed E-state index contributed by atoms with van der Waals surface area (Å²) in [6.45, 7) is 10.2. The Labute approximate surface area is 144 Å². The van der Waals surface area contributed by atoms with Gasteiger partial charge in [-0.15, -0.1) is 0 Å². The predicted molar refractivity (Wildman–Crippen MR) is 88.7 cm³/mol. The minimum absolute atomic E-state index is 0.0115. The van der Waals surface area contributed by atoms with Crippen LogP contribution in [0.1, 0.15) is 33.6 Å². The molecule has 1 saturated heterocycles. The van der Waals surface area contributed by atoms with Crippen molar-refractivity contribution in [2.75, 3.05) is 46.4 Å². The first-order valence-electron chi connectivity index (χ1n) is 8.68. The van der Waals surface area contributed by atoms with E-state index in [1.54, 1.807) is 4.90 Å². The minimum atomic E-state index is -0.451. The van der Waals surface area contributed by atoms with Gasteiger partial charge in [-0.2, -0.15) is 0 Å². The minimum Gasteiger partial charge on any atom is -0.469 e. The van der Waals surface area contributed by atoms with Gasteiger partial charge in [0.1, 0.15) is 5.60 Å². The van der Waals surface area contributed by atoms with Gasteiger partial charge in [0, 0.05) is 32.7 Å². The molecule has 7 heteroatoms. The molecule has 0 aromatic heterocycles. The Morgan fingerprint density at radius 2 is 1.71 bits per heavy atom. The van der Waals surface area contributed by atoms with E-state index in [0.29, 0.717) is 19.7 Å². The summed E-state index contributed by atoms with van der Waals surface area (Å²) in [6, 6.07) is 0. The molecule has 0 bridgehead atoms. The van der Waals surface area contributed by atoms with Gasteiger partial charge in [-0.25, -0.2) is 4.79 Å². The van der Waals surface area contributed by atoms with Crippen LogP contribution >= 0.6 is 0 Å². The number of esters is 1. The van der Waals surface area contributed by atoms with E-state index in [1.165, 1.54) is 7.11 Å². The molecule has 0 aromatic rings. The van der Waals surface area contributed by atoms with Gasteiger partial charge in [-0.3, -0.25) is 9.69 Å². The molecule has 2 fully saturated rings. The van der Waals surface area contributed by atoms with Crippen molar-refractivity contribution in [2.24, 2.45) is 5.92 Å². The Kier molecular flexibility index (Phi) is 6.46. The van der Waals surface area contributed by atoms with Gasteiger partial charge in [-0.05, 0) is 33.6 Å². The van der Waals surface area contributed by atoms with E-state index in [4.69, 9.17) is 14.2 Å². The summed E-state index contributed by atoms with van der Waals surface area (Å²) in [5.41, 5.74) is -0.451. The lowest BCUT2D eigenvalue weighted by atomic mass is 9.82. The average Bonchev–Trinajstić information content (AvgIpc) is 2.47. The third-order valence-corrected chi connectivity index (χ3v) is 4.41. The molecule has 1 aliphatic heterocycles. The quantitative estimate of drug-likeness (QED) is 0.706. The first-order chi connectivity index (χ1) is 11.3. The monoisotopic (exact) mass is 342 g/mol. The van der Waals surface area contributed by atoms with Gasteiger partial charge >= 0.3 is 12.1 Å². The second-order valence-electron chi connectivity index (χ2n) is 7.49. The first-order valence-corrected chi connectivity index (χ1v) is 8.68. The third kappa shape index (κ3) is 5.63. The van der Waals surface area contributed by atoms with Crippen LogP contribution in [-0.2, 0) is 19.0 Å². The highest BCUT2D eigenvalue weighted by Crippen LogP contribution is 2.30. The van der Waals surface area contributed by atoms with E-state index < -0.39 is 5.60 Å². The zero-order valence-electron chi connectivity index (χ0n) is 15.2. The van der Waals surface area contributed by atoms with Crippen LogP contribution < -0.4 is 0 Å². The topological polar surface area (TPSA) is 68.3 Å². The SMILES string of the molecule is COC(=O)C1CC(OCCN2CCN(C(=O)OC(C)(C)C)CC2)C1. The van der Waals surface area contributed by atoms with Gasteiger partial charge in [0.15, 0.2) is 0 Å². The number of nitrogens with zero attached hydrogens (tertiary/aromatic N) is 2. The number of methoxy groups -OCH3 is 1. The Morgan fingerprint density at radius 3 is 2.25 bits per heavy atom. The van der Waals surface area contributed by atoms with Crippen molar-refractivity contribution in [3.05, 3.63) is 0 Å². The summed E-state index contributed by atoms with van der Waals surface area (Å²) < 4.78 is 15.9. The van der Waals surface area contributed by atoms with E-state index in [9.17, 15) is 9.59 Å². The number of carbonyl (C=O) groups is 2. The number of hydrogen-bond donors (Lipinski definition) is 0. The van der Waals surface area contributed by atoms with E-state index >= 15 is 0 Å². The molecule has 0 radical (unpaired) electrons. The smallest absolute Gasteiger partial charge is 0.410 e. The van der Waals surface area contributed by atoms with Crippen LogP contribution in [-0.4, -0.2) is 80.0 Å². The first kappa shape index (κ1) is 19.0. The molecule has 0 aromatic carbocycles. The second-order valence-corrected chi connectivity index (χ2v) is 7.49. The summed E-state index contributed by atoms with van der Waals surface area (Å²) in [5, 5.41) is 0. The van der Waals surface area contributed by atoms with Crippen molar-refractivity contribution in [3.8, 4) is 0 Å². The molecular formula is C17H30N2O5. The van der Waals surface area contributed by atoms with Crippen LogP contribution in [0.2, 0.25) is 0 Å². The van der Waals surface area contributed by atoms with Gasteiger partial charge in [-0.1, -0.05) is 0 Å². The van der Waals surface area contributed by atoms with E-state index in [-0.39, 0.29) is 24.1 Å². The zero-order chi connectivity index (χ0) is 17.7. The molecule has 1 aliphatic carbocycles. The van der Waals surface area contributed by atoms with Crippen LogP contribution in [0.25, 0.3) is 0 Å². The number of ether oxygens (including phenoxy) is 3. The fourth-order valence-corrected chi connectivity index (χ4v) is 2.89. The van der Waals surface area contributed by atoms with Crippen LogP contribution in [0.4, 0.5) is 4.79 Å². The van der Waals surface area contributed by atoms with Crippen molar-refractivity contribution >= 4 is 12.1 Å². The summed E-state index contributed by atoms with van der Waals surface area (Å²) in [7, 11) is 1.42. The van der Waals surface area contributed by atoms with Gasteiger partial charge in [0.05, 0.1) is 25.7 Å². The maximum absolute atomic E-state index is 12.0. The van der Waals surface area contributed by atoms with E-state index in [1.807, 2.05) is 20.8 Å². The lowest BCUT2D eigenvalue weighted by molar-refractivity contribution is -0.155. The highest BCUT2D eigenvalue weighted by Gasteiger charge is 2.36. The van der Waals surface area contributed by atoms with Gasteiger partial charge < -0.3 is 19.1 Å². The fourth-order valence-electron chi connectivity index (χ4n) is 2.89. The molecule has 138 valence electrons. The molecule has 2 aliphatic rings. The maximum Gasteiger partial charge on any atom is 0.410 e. The molecule has 1 heterocycles.